The zero-order valence-electron chi connectivity index (χ0n) is 13.4. The minimum Gasteiger partial charge on any atom is -0.469 e. The topological polar surface area (TPSA) is 89.5 Å². The van der Waals surface area contributed by atoms with E-state index in [9.17, 15) is 8.78 Å². The second kappa shape index (κ2) is 7.41. The summed E-state index contributed by atoms with van der Waals surface area (Å²) in [5, 5.41) is 24.6. The summed E-state index contributed by atoms with van der Waals surface area (Å²) in [6.07, 6.45) is -2.54. The van der Waals surface area contributed by atoms with Crippen LogP contribution in [0.5, 0.6) is 5.88 Å². The van der Waals surface area contributed by atoms with E-state index in [-0.39, 0.29) is 28.8 Å². The highest BCUT2D eigenvalue weighted by molar-refractivity contribution is 6.29. The second-order valence-corrected chi connectivity index (χ2v) is 5.60. The molecule has 26 heavy (non-hydrogen) atoms. The molecule has 0 N–H and O–H groups in total. The van der Waals surface area contributed by atoms with Gasteiger partial charge in [-0.25, -0.2) is 13.5 Å². The summed E-state index contributed by atoms with van der Waals surface area (Å²) in [6.45, 7) is 1.73. The third-order valence-electron chi connectivity index (χ3n) is 3.54. The fourth-order valence-corrected chi connectivity index (χ4v) is 2.34. The van der Waals surface area contributed by atoms with Crippen LogP contribution in [0.25, 0.3) is 5.69 Å². The lowest BCUT2D eigenvalue weighted by Gasteiger charge is -2.10. The molecule has 0 aliphatic heterocycles. The predicted molar refractivity (Wildman–Crippen MR) is 87.1 cm³/mol. The van der Waals surface area contributed by atoms with Crippen LogP contribution < -0.4 is 4.74 Å². The Labute approximate surface area is 151 Å². The fraction of sp³-hybridized carbons (Fsp3) is 0.188. The van der Waals surface area contributed by atoms with Gasteiger partial charge in [-0.2, -0.15) is 5.26 Å². The highest BCUT2D eigenvalue weighted by Crippen LogP contribution is 2.22. The molecule has 1 aromatic carbocycles. The number of rotatable bonds is 5. The third kappa shape index (κ3) is 3.60. The quantitative estimate of drug-likeness (QED) is 0.678. The van der Waals surface area contributed by atoms with Gasteiger partial charge in [0, 0.05) is 11.6 Å². The molecular weight excluding hydrogens is 366 g/mol. The van der Waals surface area contributed by atoms with E-state index in [0.717, 1.165) is 0 Å². The summed E-state index contributed by atoms with van der Waals surface area (Å²) in [5.41, 5.74) is 1.77. The van der Waals surface area contributed by atoms with E-state index < -0.39 is 6.43 Å². The van der Waals surface area contributed by atoms with Crippen molar-refractivity contribution >= 4 is 11.6 Å². The van der Waals surface area contributed by atoms with Gasteiger partial charge in [-0.3, -0.25) is 0 Å². The van der Waals surface area contributed by atoms with Gasteiger partial charge in [-0.15, -0.1) is 15.3 Å². The van der Waals surface area contributed by atoms with E-state index >= 15 is 0 Å². The van der Waals surface area contributed by atoms with Gasteiger partial charge >= 0.3 is 0 Å². The molecule has 0 unspecified atom stereocenters. The molecule has 0 atom stereocenters. The van der Waals surface area contributed by atoms with Crippen molar-refractivity contribution in [3.8, 4) is 17.6 Å². The van der Waals surface area contributed by atoms with Gasteiger partial charge < -0.3 is 4.74 Å². The van der Waals surface area contributed by atoms with Crippen LogP contribution in [0.4, 0.5) is 8.78 Å². The first kappa shape index (κ1) is 17.7. The number of nitriles is 1. The van der Waals surface area contributed by atoms with E-state index in [1.165, 1.54) is 35.0 Å². The van der Waals surface area contributed by atoms with Crippen molar-refractivity contribution in [3.05, 3.63) is 58.0 Å². The van der Waals surface area contributed by atoms with Crippen molar-refractivity contribution in [2.45, 2.75) is 20.0 Å². The summed E-state index contributed by atoms with van der Waals surface area (Å²) in [5.74, 6) is 0.0251. The van der Waals surface area contributed by atoms with E-state index in [1.54, 1.807) is 6.92 Å². The lowest BCUT2D eigenvalue weighted by Crippen LogP contribution is -2.08. The third-order valence-corrected chi connectivity index (χ3v) is 3.73. The second-order valence-electron chi connectivity index (χ2n) is 5.21. The molecule has 2 heterocycles. The van der Waals surface area contributed by atoms with Gasteiger partial charge in [-0.1, -0.05) is 28.9 Å². The van der Waals surface area contributed by atoms with Crippen LogP contribution >= 0.6 is 11.6 Å². The molecule has 0 amide bonds. The highest BCUT2D eigenvalue weighted by atomic mass is 35.5. The lowest BCUT2D eigenvalue weighted by atomic mass is 10.2. The number of benzene rings is 1. The lowest BCUT2D eigenvalue weighted by molar-refractivity contribution is 0.151. The highest BCUT2D eigenvalue weighted by Gasteiger charge is 2.15. The fourth-order valence-electron chi connectivity index (χ4n) is 2.19. The zero-order chi connectivity index (χ0) is 18.7. The molecular formula is C16H11ClF2N6O. The van der Waals surface area contributed by atoms with Crippen LogP contribution in [0.1, 0.15) is 28.9 Å². The summed E-state index contributed by atoms with van der Waals surface area (Å²) < 4.78 is 32.4. The van der Waals surface area contributed by atoms with Crippen molar-refractivity contribution in [1.82, 2.24) is 25.2 Å². The van der Waals surface area contributed by atoms with E-state index in [4.69, 9.17) is 21.6 Å². The van der Waals surface area contributed by atoms with Gasteiger partial charge in [0.25, 0.3) is 12.3 Å². The number of halogens is 3. The SMILES string of the molecule is Cc1nnn(-c2ccc(C(F)F)cc2)c1COc1nnc(Cl)cc1C#N. The number of hydrogen-bond acceptors (Lipinski definition) is 6. The molecule has 7 nitrogen and oxygen atoms in total. The smallest absolute Gasteiger partial charge is 0.263 e. The van der Waals surface area contributed by atoms with E-state index in [1.807, 2.05) is 6.07 Å². The average Bonchev–Trinajstić information content (AvgIpc) is 3.01. The maximum Gasteiger partial charge on any atom is 0.263 e. The van der Waals surface area contributed by atoms with Gasteiger partial charge in [0.05, 0.1) is 11.4 Å². The van der Waals surface area contributed by atoms with Gasteiger partial charge in [-0.05, 0) is 19.1 Å². The van der Waals surface area contributed by atoms with Crippen LogP contribution in [-0.2, 0) is 6.61 Å². The molecule has 10 heteroatoms. The first-order valence-electron chi connectivity index (χ1n) is 7.35. The normalized spacial score (nSPS) is 10.8. The molecule has 0 saturated heterocycles. The molecule has 132 valence electrons. The first-order valence-corrected chi connectivity index (χ1v) is 7.73. The Morgan fingerprint density at radius 3 is 2.62 bits per heavy atom. The molecule has 0 spiro atoms. The summed E-state index contributed by atoms with van der Waals surface area (Å²) in [4.78, 5) is 0. The number of alkyl halides is 2. The van der Waals surface area contributed by atoms with Crippen molar-refractivity contribution in [1.29, 1.82) is 5.26 Å². The van der Waals surface area contributed by atoms with Crippen LogP contribution in [0, 0.1) is 18.3 Å². The largest absolute Gasteiger partial charge is 0.469 e. The monoisotopic (exact) mass is 376 g/mol. The molecule has 3 rings (SSSR count). The van der Waals surface area contributed by atoms with E-state index in [2.05, 4.69) is 20.5 Å². The molecule has 0 fully saturated rings. The summed E-state index contributed by atoms with van der Waals surface area (Å²) in [6, 6.07) is 8.94. The summed E-state index contributed by atoms with van der Waals surface area (Å²) in [7, 11) is 0. The maximum absolute atomic E-state index is 12.7. The minimum absolute atomic E-state index is 0.000421. The molecule has 2 aromatic heterocycles. The Morgan fingerprint density at radius 1 is 1.23 bits per heavy atom. The standard InChI is InChI=1S/C16H11ClF2N6O/c1-9-13(8-26-16-11(7-20)6-14(17)22-23-16)25(24-21-9)12-4-2-10(3-5-12)15(18)19/h2-6,15H,8H2,1H3. The maximum atomic E-state index is 12.7. The van der Waals surface area contributed by atoms with Crippen molar-refractivity contribution in [2.24, 2.45) is 0 Å². The Bertz CT molecular complexity index is 968. The van der Waals surface area contributed by atoms with Crippen LogP contribution in [0.3, 0.4) is 0 Å². The van der Waals surface area contributed by atoms with Crippen LogP contribution in [0.2, 0.25) is 5.15 Å². The van der Waals surface area contributed by atoms with Gasteiger partial charge in [0.1, 0.15) is 23.9 Å². The molecule has 0 aliphatic carbocycles. The minimum atomic E-state index is -2.54. The number of aryl methyl sites for hydroxylation is 1. The van der Waals surface area contributed by atoms with Crippen molar-refractivity contribution < 1.29 is 13.5 Å². The molecule has 0 saturated carbocycles. The van der Waals surface area contributed by atoms with Gasteiger partial charge in [0.15, 0.2) is 5.15 Å². The Balaban J connectivity index is 1.86. The van der Waals surface area contributed by atoms with E-state index in [0.29, 0.717) is 17.1 Å². The predicted octanol–water partition coefficient (Wildman–Crippen LogP) is 3.41. The Morgan fingerprint density at radius 2 is 1.96 bits per heavy atom. The van der Waals surface area contributed by atoms with Gasteiger partial charge in [0.2, 0.25) is 0 Å². The molecule has 0 bridgehead atoms. The van der Waals surface area contributed by atoms with Crippen molar-refractivity contribution in [2.75, 3.05) is 0 Å². The Kier molecular flexibility index (Phi) is 5.04. The zero-order valence-corrected chi connectivity index (χ0v) is 14.2. The number of nitrogens with zero attached hydrogens (tertiary/aromatic N) is 6. The average molecular weight is 377 g/mol. The first-order chi connectivity index (χ1) is 12.5. The number of hydrogen-bond donors (Lipinski definition) is 0. The molecule has 0 aliphatic rings. The number of aromatic nitrogens is 5. The van der Waals surface area contributed by atoms with Crippen molar-refractivity contribution in [3.63, 3.8) is 0 Å². The Hall–Kier alpha value is -3.12. The number of ether oxygens (including phenoxy) is 1. The van der Waals surface area contributed by atoms with Crippen LogP contribution in [0.15, 0.2) is 30.3 Å². The molecule has 3 aromatic rings. The molecule has 0 radical (unpaired) electrons. The summed E-state index contributed by atoms with van der Waals surface area (Å²) >= 11 is 5.70. The van der Waals surface area contributed by atoms with Crippen LogP contribution in [-0.4, -0.2) is 25.2 Å².